The third-order valence-electron chi connectivity index (χ3n) is 4.23. The van der Waals surface area contributed by atoms with Crippen LogP contribution in [0, 0.1) is 11.6 Å². The Balaban J connectivity index is 1.93. The van der Waals surface area contributed by atoms with Crippen LogP contribution in [0.2, 0.25) is 0 Å². The average molecular weight is 396 g/mol. The predicted molar refractivity (Wildman–Crippen MR) is 95.3 cm³/mol. The minimum atomic E-state index is -3.82. The van der Waals surface area contributed by atoms with Gasteiger partial charge < -0.3 is 10.1 Å². The second-order valence-electron chi connectivity index (χ2n) is 6.09. The summed E-state index contributed by atoms with van der Waals surface area (Å²) in [6.45, 7) is 0.814. The van der Waals surface area contributed by atoms with Crippen molar-refractivity contribution in [2.75, 3.05) is 25.5 Å². The number of benzene rings is 2. The fourth-order valence-corrected chi connectivity index (χ4v) is 4.61. The molecule has 0 atom stereocenters. The Morgan fingerprint density at radius 3 is 2.30 bits per heavy atom. The van der Waals surface area contributed by atoms with Gasteiger partial charge in [0.1, 0.15) is 22.3 Å². The highest BCUT2D eigenvalue weighted by molar-refractivity contribution is 7.89. The smallest absolute Gasteiger partial charge is 0.255 e. The zero-order valence-corrected chi connectivity index (χ0v) is 15.4. The van der Waals surface area contributed by atoms with E-state index in [9.17, 15) is 22.0 Å². The van der Waals surface area contributed by atoms with Crippen LogP contribution in [-0.2, 0) is 10.0 Å². The fourth-order valence-electron chi connectivity index (χ4n) is 2.92. The number of amides is 1. The summed E-state index contributed by atoms with van der Waals surface area (Å²) < 4.78 is 58.7. The quantitative estimate of drug-likeness (QED) is 0.843. The third kappa shape index (κ3) is 4.09. The van der Waals surface area contributed by atoms with Gasteiger partial charge in [-0.2, -0.15) is 4.31 Å². The highest BCUT2D eigenvalue weighted by Crippen LogP contribution is 2.30. The maximum absolute atomic E-state index is 13.3. The van der Waals surface area contributed by atoms with Crippen LogP contribution in [0.3, 0.4) is 0 Å². The zero-order chi connectivity index (χ0) is 19.6. The van der Waals surface area contributed by atoms with Crippen molar-refractivity contribution in [2.24, 2.45) is 0 Å². The summed E-state index contributed by atoms with van der Waals surface area (Å²) in [7, 11) is -2.47. The van der Waals surface area contributed by atoms with Gasteiger partial charge in [-0.3, -0.25) is 4.79 Å². The maximum Gasteiger partial charge on any atom is 0.255 e. The van der Waals surface area contributed by atoms with Gasteiger partial charge in [-0.15, -0.1) is 0 Å². The van der Waals surface area contributed by atoms with Crippen LogP contribution < -0.4 is 10.1 Å². The standard InChI is InChI=1S/C18H18F2N2O4S/c1-26-16-5-4-12(8-17(16)27(24,25)22-6-2-3-7-22)18(23)21-15-10-13(19)9-14(20)11-15/h4-5,8-11H,2-3,6-7H2,1H3,(H,21,23). The molecule has 144 valence electrons. The average Bonchev–Trinajstić information content (AvgIpc) is 3.15. The molecule has 0 bridgehead atoms. The molecule has 1 fully saturated rings. The summed E-state index contributed by atoms with van der Waals surface area (Å²) in [6, 6.07) is 6.58. The molecule has 0 aliphatic carbocycles. The molecule has 0 spiro atoms. The maximum atomic E-state index is 13.3. The van der Waals surface area contributed by atoms with Crippen molar-refractivity contribution in [2.45, 2.75) is 17.7 Å². The number of rotatable bonds is 5. The van der Waals surface area contributed by atoms with Gasteiger partial charge in [-0.1, -0.05) is 0 Å². The topological polar surface area (TPSA) is 75.7 Å². The van der Waals surface area contributed by atoms with Crippen LogP contribution in [0.5, 0.6) is 5.75 Å². The molecule has 1 amide bonds. The van der Waals surface area contributed by atoms with Crippen LogP contribution in [0.15, 0.2) is 41.3 Å². The van der Waals surface area contributed by atoms with Gasteiger partial charge >= 0.3 is 0 Å². The molecule has 0 aromatic heterocycles. The summed E-state index contributed by atoms with van der Waals surface area (Å²) in [4.78, 5) is 12.3. The lowest BCUT2D eigenvalue weighted by Crippen LogP contribution is -2.28. The minimum absolute atomic E-state index is 0.0261. The second kappa shape index (κ2) is 7.61. The molecule has 0 radical (unpaired) electrons. The molecule has 1 heterocycles. The number of carbonyl (C=O) groups is 1. The molecule has 9 heteroatoms. The van der Waals surface area contributed by atoms with E-state index in [2.05, 4.69) is 5.32 Å². The molecule has 1 N–H and O–H groups in total. The molecule has 1 aliphatic rings. The first kappa shape index (κ1) is 19.2. The number of anilines is 1. The first-order chi connectivity index (χ1) is 12.8. The van der Waals surface area contributed by atoms with E-state index >= 15 is 0 Å². The molecular weight excluding hydrogens is 378 g/mol. The molecule has 1 aliphatic heterocycles. The lowest BCUT2D eigenvalue weighted by Gasteiger charge is -2.18. The SMILES string of the molecule is COc1ccc(C(=O)Nc2cc(F)cc(F)c2)cc1S(=O)(=O)N1CCCC1. The number of halogens is 2. The van der Waals surface area contributed by atoms with E-state index in [1.54, 1.807) is 0 Å². The van der Waals surface area contributed by atoms with Gasteiger partial charge in [0, 0.05) is 30.4 Å². The Kier molecular flexibility index (Phi) is 5.43. The number of nitrogens with one attached hydrogen (secondary N) is 1. The molecule has 1 saturated heterocycles. The van der Waals surface area contributed by atoms with Gasteiger partial charge in [-0.05, 0) is 43.2 Å². The molecule has 2 aromatic rings. The van der Waals surface area contributed by atoms with Crippen molar-refractivity contribution in [3.8, 4) is 5.75 Å². The number of sulfonamides is 1. The lowest BCUT2D eigenvalue weighted by atomic mass is 10.2. The molecule has 6 nitrogen and oxygen atoms in total. The van der Waals surface area contributed by atoms with E-state index in [1.807, 2.05) is 0 Å². The van der Waals surface area contributed by atoms with Crippen molar-refractivity contribution in [1.29, 1.82) is 0 Å². The van der Waals surface area contributed by atoms with Crippen LogP contribution in [0.1, 0.15) is 23.2 Å². The summed E-state index contributed by atoms with van der Waals surface area (Å²) in [6.07, 6.45) is 1.54. The molecule has 27 heavy (non-hydrogen) atoms. The van der Waals surface area contributed by atoms with Gasteiger partial charge in [0.25, 0.3) is 5.91 Å². The Morgan fingerprint density at radius 1 is 1.07 bits per heavy atom. The normalized spacial score (nSPS) is 14.9. The van der Waals surface area contributed by atoms with Gasteiger partial charge in [-0.25, -0.2) is 17.2 Å². The largest absolute Gasteiger partial charge is 0.495 e. The van der Waals surface area contributed by atoms with Crippen LogP contribution in [-0.4, -0.2) is 38.8 Å². The molecule has 0 saturated carbocycles. The van der Waals surface area contributed by atoms with Crippen molar-refractivity contribution in [3.63, 3.8) is 0 Å². The highest BCUT2D eigenvalue weighted by atomic mass is 32.2. The predicted octanol–water partition coefficient (Wildman–Crippen LogP) is 3.01. The number of carbonyl (C=O) groups excluding carboxylic acids is 1. The van der Waals surface area contributed by atoms with E-state index in [-0.39, 0.29) is 21.9 Å². The van der Waals surface area contributed by atoms with Crippen molar-refractivity contribution < 1.29 is 26.7 Å². The molecule has 2 aromatic carbocycles. The lowest BCUT2D eigenvalue weighted by molar-refractivity contribution is 0.102. The monoisotopic (exact) mass is 396 g/mol. The first-order valence-corrected chi connectivity index (χ1v) is 9.71. The summed E-state index contributed by atoms with van der Waals surface area (Å²) in [5.41, 5.74) is -0.0458. The van der Waals surface area contributed by atoms with E-state index < -0.39 is 27.6 Å². The van der Waals surface area contributed by atoms with Gasteiger partial charge in [0.2, 0.25) is 10.0 Å². The van der Waals surface area contributed by atoms with Crippen LogP contribution >= 0.6 is 0 Å². The van der Waals surface area contributed by atoms with Crippen LogP contribution in [0.4, 0.5) is 14.5 Å². The number of methoxy groups -OCH3 is 1. The molecule has 0 unspecified atom stereocenters. The third-order valence-corrected chi connectivity index (χ3v) is 6.15. The Labute approximate surface area is 155 Å². The Bertz CT molecular complexity index is 953. The van der Waals surface area contributed by atoms with Crippen molar-refractivity contribution in [3.05, 3.63) is 53.6 Å². The minimum Gasteiger partial charge on any atom is -0.495 e. The summed E-state index contributed by atoms with van der Waals surface area (Å²) >= 11 is 0. The Morgan fingerprint density at radius 2 is 1.70 bits per heavy atom. The van der Waals surface area contributed by atoms with Gasteiger partial charge in [0.05, 0.1) is 7.11 Å². The van der Waals surface area contributed by atoms with E-state index in [0.29, 0.717) is 19.2 Å². The molecular formula is C18H18F2N2O4S. The number of hydrogen-bond acceptors (Lipinski definition) is 4. The highest BCUT2D eigenvalue weighted by Gasteiger charge is 2.30. The van der Waals surface area contributed by atoms with E-state index in [1.165, 1.54) is 29.6 Å². The zero-order valence-electron chi connectivity index (χ0n) is 14.5. The van der Waals surface area contributed by atoms with Crippen molar-refractivity contribution in [1.82, 2.24) is 4.31 Å². The number of hydrogen-bond donors (Lipinski definition) is 1. The van der Waals surface area contributed by atoms with Gasteiger partial charge in [0.15, 0.2) is 0 Å². The second-order valence-corrected chi connectivity index (χ2v) is 8.00. The Hall–Kier alpha value is -2.52. The number of nitrogens with zero attached hydrogens (tertiary/aromatic N) is 1. The number of ether oxygens (including phenoxy) is 1. The van der Waals surface area contributed by atoms with Crippen LogP contribution in [0.25, 0.3) is 0 Å². The van der Waals surface area contributed by atoms with E-state index in [4.69, 9.17) is 4.74 Å². The summed E-state index contributed by atoms with van der Waals surface area (Å²) in [5, 5.41) is 2.36. The fraction of sp³-hybridized carbons (Fsp3) is 0.278. The van der Waals surface area contributed by atoms with E-state index in [0.717, 1.165) is 25.0 Å². The molecule has 3 rings (SSSR count). The van der Waals surface area contributed by atoms with Crippen molar-refractivity contribution >= 4 is 21.6 Å². The summed E-state index contributed by atoms with van der Waals surface area (Å²) in [5.74, 6) is -2.24. The first-order valence-electron chi connectivity index (χ1n) is 8.27.